The summed E-state index contributed by atoms with van der Waals surface area (Å²) < 4.78 is 5.20. The number of hydrogen-bond acceptors (Lipinski definition) is 2. The molecule has 2 nitrogen and oxygen atoms in total. The van der Waals surface area contributed by atoms with E-state index in [0.29, 0.717) is 11.7 Å². The van der Waals surface area contributed by atoms with Crippen molar-refractivity contribution < 1.29 is 9.84 Å². The fourth-order valence-corrected chi connectivity index (χ4v) is 2.30. The molecule has 0 heterocycles. The Balaban J connectivity index is 1.99. The van der Waals surface area contributed by atoms with E-state index < -0.39 is 0 Å². The molecule has 2 heteroatoms. The number of ether oxygens (including phenoxy) is 1. The Hall–Kier alpha value is -2.40. The van der Waals surface area contributed by atoms with Crippen LogP contribution >= 0.6 is 0 Å². The van der Waals surface area contributed by atoms with Crippen molar-refractivity contribution >= 4 is 0 Å². The number of para-hydroxylation sites is 1. The van der Waals surface area contributed by atoms with Crippen LogP contribution in [-0.4, -0.2) is 12.2 Å². The monoisotopic (exact) mass is 278 g/mol. The zero-order valence-corrected chi connectivity index (χ0v) is 12.0. The Labute approximate surface area is 125 Å². The van der Waals surface area contributed by atoms with Gasteiger partial charge in [-0.1, -0.05) is 42.2 Å². The highest BCUT2D eigenvalue weighted by Gasteiger charge is 2.20. The molecule has 0 spiro atoms. The summed E-state index contributed by atoms with van der Waals surface area (Å²) in [4.78, 5) is 0. The van der Waals surface area contributed by atoms with E-state index in [4.69, 9.17) is 4.74 Å². The summed E-state index contributed by atoms with van der Waals surface area (Å²) >= 11 is 0. The first-order valence-corrected chi connectivity index (χ1v) is 7.21. The molecular weight excluding hydrogens is 260 g/mol. The van der Waals surface area contributed by atoms with Gasteiger partial charge in [-0.05, 0) is 36.6 Å². The molecule has 0 unspecified atom stereocenters. The van der Waals surface area contributed by atoms with Crippen LogP contribution in [0.1, 0.15) is 29.9 Å². The first-order chi connectivity index (χ1) is 10.3. The minimum atomic E-state index is -0.0993. The molecule has 21 heavy (non-hydrogen) atoms. The Morgan fingerprint density at radius 3 is 2.43 bits per heavy atom. The molecule has 2 aromatic carbocycles. The summed E-state index contributed by atoms with van der Waals surface area (Å²) in [6.45, 7) is 0. The average molecular weight is 278 g/mol. The van der Waals surface area contributed by atoms with E-state index in [1.165, 1.54) is 12.8 Å². The van der Waals surface area contributed by atoms with Crippen LogP contribution in [0.5, 0.6) is 11.5 Å². The Bertz CT molecular complexity index is 673. The van der Waals surface area contributed by atoms with E-state index in [1.54, 1.807) is 13.2 Å². The number of rotatable bonds is 3. The lowest BCUT2D eigenvalue weighted by atomic mass is 9.91. The number of phenols is 1. The number of hydrogen-bond donors (Lipinski definition) is 1. The molecule has 0 bridgehead atoms. The van der Waals surface area contributed by atoms with Gasteiger partial charge in [0.1, 0.15) is 11.5 Å². The van der Waals surface area contributed by atoms with Crippen molar-refractivity contribution in [2.24, 2.45) is 5.92 Å². The molecule has 2 aromatic rings. The topological polar surface area (TPSA) is 29.5 Å². The van der Waals surface area contributed by atoms with Crippen LogP contribution in [0.15, 0.2) is 48.5 Å². The van der Waals surface area contributed by atoms with Crippen LogP contribution in [-0.2, 0) is 0 Å². The van der Waals surface area contributed by atoms with Crippen LogP contribution in [0.2, 0.25) is 0 Å². The van der Waals surface area contributed by atoms with Crippen LogP contribution in [0.4, 0.5) is 0 Å². The minimum absolute atomic E-state index is 0.0993. The first-order valence-electron chi connectivity index (χ1n) is 7.21. The second-order valence-electron chi connectivity index (χ2n) is 5.33. The quantitative estimate of drug-likeness (QED) is 0.862. The Kier molecular flexibility index (Phi) is 3.83. The summed E-state index contributed by atoms with van der Waals surface area (Å²) in [6.07, 6.45) is 2.40. The molecule has 0 saturated heterocycles. The molecule has 1 fully saturated rings. The number of methoxy groups -OCH3 is 1. The summed E-state index contributed by atoms with van der Waals surface area (Å²) in [5.74, 6) is 8.22. The van der Waals surface area contributed by atoms with Crippen molar-refractivity contribution in [1.29, 1.82) is 0 Å². The maximum Gasteiger partial charge on any atom is 0.120 e. The Morgan fingerprint density at radius 1 is 1.10 bits per heavy atom. The number of benzene rings is 2. The third-order valence-corrected chi connectivity index (χ3v) is 3.71. The van der Waals surface area contributed by atoms with Crippen molar-refractivity contribution in [3.63, 3.8) is 0 Å². The van der Waals surface area contributed by atoms with Gasteiger partial charge in [-0.25, -0.2) is 0 Å². The molecule has 1 aliphatic rings. The lowest BCUT2D eigenvalue weighted by Gasteiger charge is -2.14. The summed E-state index contributed by atoms with van der Waals surface area (Å²) in [5.41, 5.74) is 1.93. The average Bonchev–Trinajstić information content (AvgIpc) is 3.34. The molecular formula is C19H18O2. The first kappa shape index (κ1) is 13.6. The maximum absolute atomic E-state index is 10.1. The van der Waals surface area contributed by atoms with Crippen molar-refractivity contribution in [2.45, 2.75) is 18.8 Å². The third kappa shape index (κ3) is 3.20. The molecule has 0 radical (unpaired) electrons. The van der Waals surface area contributed by atoms with Gasteiger partial charge in [0.05, 0.1) is 13.0 Å². The predicted octanol–water partition coefficient (Wildman–Crippen LogP) is 3.95. The van der Waals surface area contributed by atoms with Crippen LogP contribution < -0.4 is 4.74 Å². The van der Waals surface area contributed by atoms with Crippen LogP contribution in [0.3, 0.4) is 0 Å². The van der Waals surface area contributed by atoms with Crippen LogP contribution in [0, 0.1) is 17.8 Å². The molecule has 1 saturated carbocycles. The lowest BCUT2D eigenvalue weighted by molar-refractivity contribution is 0.414. The highest BCUT2D eigenvalue weighted by molar-refractivity contribution is 5.48. The van der Waals surface area contributed by atoms with Crippen molar-refractivity contribution in [1.82, 2.24) is 0 Å². The van der Waals surface area contributed by atoms with E-state index >= 15 is 0 Å². The van der Waals surface area contributed by atoms with Crippen LogP contribution in [0.25, 0.3) is 0 Å². The van der Waals surface area contributed by atoms with E-state index in [2.05, 4.69) is 11.8 Å². The highest BCUT2D eigenvalue weighted by Crippen LogP contribution is 2.33. The van der Waals surface area contributed by atoms with Gasteiger partial charge in [0.2, 0.25) is 0 Å². The van der Waals surface area contributed by atoms with Gasteiger partial charge in [-0.3, -0.25) is 0 Å². The summed E-state index contributed by atoms with van der Waals surface area (Å²) in [7, 11) is 1.66. The second kappa shape index (κ2) is 5.93. The van der Waals surface area contributed by atoms with E-state index in [0.717, 1.165) is 16.9 Å². The van der Waals surface area contributed by atoms with Gasteiger partial charge < -0.3 is 9.84 Å². The van der Waals surface area contributed by atoms with Gasteiger partial charge in [-0.2, -0.15) is 0 Å². The fourth-order valence-electron chi connectivity index (χ4n) is 2.30. The molecule has 106 valence electrons. The van der Waals surface area contributed by atoms with Gasteiger partial charge in [-0.15, -0.1) is 0 Å². The van der Waals surface area contributed by atoms with Gasteiger partial charge in [0.15, 0.2) is 0 Å². The molecule has 0 amide bonds. The second-order valence-corrected chi connectivity index (χ2v) is 5.33. The van der Waals surface area contributed by atoms with Gasteiger partial charge >= 0.3 is 0 Å². The molecule has 3 rings (SSSR count). The van der Waals surface area contributed by atoms with E-state index in [9.17, 15) is 5.11 Å². The van der Waals surface area contributed by atoms with E-state index in [1.807, 2.05) is 42.5 Å². The molecule has 1 N–H and O–H groups in total. The van der Waals surface area contributed by atoms with E-state index in [-0.39, 0.29) is 5.92 Å². The normalized spacial score (nSPS) is 14.9. The zero-order chi connectivity index (χ0) is 14.7. The largest absolute Gasteiger partial charge is 0.508 e. The smallest absolute Gasteiger partial charge is 0.120 e. The zero-order valence-electron chi connectivity index (χ0n) is 12.0. The summed E-state index contributed by atoms with van der Waals surface area (Å²) in [6, 6.07) is 15.3. The minimum Gasteiger partial charge on any atom is -0.508 e. The third-order valence-electron chi connectivity index (χ3n) is 3.71. The molecule has 0 aliphatic heterocycles. The number of phenolic OH excluding ortho intramolecular Hbond substituents is 1. The maximum atomic E-state index is 10.1. The molecule has 1 atom stereocenters. The van der Waals surface area contributed by atoms with Gasteiger partial charge in [0, 0.05) is 11.5 Å². The fraction of sp³-hybridized carbons (Fsp3) is 0.263. The summed E-state index contributed by atoms with van der Waals surface area (Å²) in [5, 5.41) is 10.1. The van der Waals surface area contributed by atoms with Crippen molar-refractivity contribution in [3.05, 3.63) is 59.7 Å². The van der Waals surface area contributed by atoms with Gasteiger partial charge in [0.25, 0.3) is 0 Å². The lowest BCUT2D eigenvalue weighted by Crippen LogP contribution is -1.99. The molecule has 0 aromatic heterocycles. The Morgan fingerprint density at radius 2 is 1.81 bits per heavy atom. The molecule has 1 aliphatic carbocycles. The number of aromatic hydroxyl groups is 1. The SMILES string of the molecule is COc1ccc([C@@H](C#CC2CC2)c2ccccc2O)cc1. The van der Waals surface area contributed by atoms with Crippen molar-refractivity contribution in [2.75, 3.05) is 7.11 Å². The highest BCUT2D eigenvalue weighted by atomic mass is 16.5. The van der Waals surface area contributed by atoms with Crippen molar-refractivity contribution in [3.8, 4) is 23.3 Å². The predicted molar refractivity (Wildman–Crippen MR) is 83.4 cm³/mol. The standard InChI is InChI=1S/C19H18O2/c1-21-16-11-9-15(10-12-16)17(13-8-14-6-7-14)18-4-2-3-5-19(18)20/h2-5,9-12,14,17,20H,6-7H2,1H3/t17-/m1/s1.